The summed E-state index contributed by atoms with van der Waals surface area (Å²) in [6, 6.07) is 13.9. The lowest BCUT2D eigenvalue weighted by Gasteiger charge is -2.13. The van der Waals surface area contributed by atoms with Crippen molar-refractivity contribution in [3.05, 3.63) is 61.1 Å². The summed E-state index contributed by atoms with van der Waals surface area (Å²) in [6.07, 6.45) is 5.65. The molecule has 0 fully saturated rings. The van der Waals surface area contributed by atoms with Gasteiger partial charge >= 0.3 is 0 Å². The number of nitrogens with one attached hydrogen (secondary N) is 1. The van der Waals surface area contributed by atoms with Crippen molar-refractivity contribution in [3.8, 4) is 22.6 Å². The molecule has 136 valence electrons. The van der Waals surface area contributed by atoms with E-state index in [9.17, 15) is 0 Å². The van der Waals surface area contributed by atoms with Crippen LogP contribution in [-0.4, -0.2) is 29.0 Å². The Kier molecular flexibility index (Phi) is 4.38. The molecule has 2 aromatic carbocycles. The molecule has 0 saturated heterocycles. The van der Waals surface area contributed by atoms with E-state index in [1.54, 1.807) is 25.1 Å². The number of hydrogen-bond acceptors (Lipinski definition) is 5. The van der Waals surface area contributed by atoms with Crippen molar-refractivity contribution in [1.82, 2.24) is 14.8 Å². The van der Waals surface area contributed by atoms with E-state index in [1.165, 1.54) is 0 Å². The van der Waals surface area contributed by atoms with Crippen LogP contribution in [0, 0.1) is 0 Å². The van der Waals surface area contributed by atoms with Gasteiger partial charge in [0.2, 0.25) is 0 Å². The topological polar surface area (TPSA) is 61.2 Å². The van der Waals surface area contributed by atoms with E-state index < -0.39 is 0 Å². The molecule has 0 bridgehead atoms. The third-order valence-corrected chi connectivity index (χ3v) is 4.41. The largest absolute Gasteiger partial charge is 0.497 e. The average Bonchev–Trinajstić information content (AvgIpc) is 3.14. The van der Waals surface area contributed by atoms with Gasteiger partial charge < -0.3 is 14.8 Å². The number of methoxy groups -OCH3 is 2. The number of anilines is 2. The van der Waals surface area contributed by atoms with Gasteiger partial charge in [-0.1, -0.05) is 6.07 Å². The maximum absolute atomic E-state index is 5.36. The van der Waals surface area contributed by atoms with Crippen molar-refractivity contribution < 1.29 is 9.47 Å². The second kappa shape index (κ2) is 6.99. The molecule has 2 heterocycles. The molecule has 1 N–H and O–H groups in total. The fourth-order valence-electron chi connectivity index (χ4n) is 3.04. The number of benzene rings is 2. The third kappa shape index (κ3) is 3.42. The van der Waals surface area contributed by atoms with E-state index in [1.807, 2.05) is 49.8 Å². The Morgan fingerprint density at radius 2 is 1.70 bits per heavy atom. The highest BCUT2D eigenvalue weighted by molar-refractivity contribution is 5.95. The van der Waals surface area contributed by atoms with Crippen molar-refractivity contribution in [2.24, 2.45) is 7.05 Å². The van der Waals surface area contributed by atoms with Crippen LogP contribution in [0.2, 0.25) is 0 Å². The Hall–Kier alpha value is -3.54. The number of aryl methyl sites for hydroxylation is 1. The number of hydrogen-bond donors (Lipinski definition) is 1. The Morgan fingerprint density at radius 3 is 2.37 bits per heavy atom. The fourth-order valence-corrected chi connectivity index (χ4v) is 3.04. The molecule has 0 atom stereocenters. The SMILES string of the molecule is COc1cc(Nc2ccnc3ccc(-c4cnn(C)c4)cc23)cc(OC)c1. The number of pyridine rings is 1. The fraction of sp³-hybridized carbons (Fsp3) is 0.143. The lowest BCUT2D eigenvalue weighted by molar-refractivity contribution is 0.395. The second-order valence-corrected chi connectivity index (χ2v) is 6.22. The molecule has 6 heteroatoms. The zero-order valence-electron chi connectivity index (χ0n) is 15.4. The average molecular weight is 360 g/mol. The monoisotopic (exact) mass is 360 g/mol. The van der Waals surface area contributed by atoms with Crippen LogP contribution < -0.4 is 14.8 Å². The van der Waals surface area contributed by atoms with Crippen LogP contribution in [0.1, 0.15) is 0 Å². The quantitative estimate of drug-likeness (QED) is 0.572. The maximum atomic E-state index is 5.36. The van der Waals surface area contributed by atoms with Crippen molar-refractivity contribution in [3.63, 3.8) is 0 Å². The minimum absolute atomic E-state index is 0.728. The molecular formula is C21H20N4O2. The van der Waals surface area contributed by atoms with E-state index in [4.69, 9.17) is 9.47 Å². The van der Waals surface area contributed by atoms with Gasteiger partial charge in [-0.2, -0.15) is 5.10 Å². The summed E-state index contributed by atoms with van der Waals surface area (Å²) in [6.45, 7) is 0. The zero-order chi connectivity index (χ0) is 18.8. The van der Waals surface area contributed by atoms with Gasteiger partial charge in [0, 0.05) is 60.0 Å². The molecule has 0 spiro atoms. The van der Waals surface area contributed by atoms with Gasteiger partial charge in [-0.25, -0.2) is 0 Å². The van der Waals surface area contributed by atoms with Crippen molar-refractivity contribution in [1.29, 1.82) is 0 Å². The highest BCUT2D eigenvalue weighted by Crippen LogP contribution is 2.32. The predicted molar refractivity (Wildman–Crippen MR) is 107 cm³/mol. The molecule has 0 amide bonds. The Bertz CT molecular complexity index is 1080. The van der Waals surface area contributed by atoms with E-state index in [2.05, 4.69) is 27.5 Å². The van der Waals surface area contributed by atoms with Gasteiger partial charge in [0.05, 0.1) is 25.9 Å². The van der Waals surface area contributed by atoms with E-state index >= 15 is 0 Å². The first-order valence-corrected chi connectivity index (χ1v) is 8.54. The van der Waals surface area contributed by atoms with Crippen molar-refractivity contribution in [2.45, 2.75) is 0 Å². The number of nitrogens with zero attached hydrogens (tertiary/aromatic N) is 3. The summed E-state index contributed by atoms with van der Waals surface area (Å²) in [7, 11) is 5.19. The molecule has 0 saturated carbocycles. The lowest BCUT2D eigenvalue weighted by atomic mass is 10.1. The zero-order valence-corrected chi connectivity index (χ0v) is 15.4. The molecule has 0 aliphatic rings. The Morgan fingerprint density at radius 1 is 0.926 bits per heavy atom. The summed E-state index contributed by atoms with van der Waals surface area (Å²) in [5, 5.41) is 8.75. The van der Waals surface area contributed by atoms with Crippen LogP contribution in [0.5, 0.6) is 11.5 Å². The summed E-state index contributed by atoms with van der Waals surface area (Å²) in [4.78, 5) is 4.48. The number of fused-ring (bicyclic) bond motifs is 1. The first kappa shape index (κ1) is 16.9. The van der Waals surface area contributed by atoms with Crippen LogP contribution >= 0.6 is 0 Å². The molecule has 0 aliphatic heterocycles. The molecule has 0 aliphatic carbocycles. The summed E-state index contributed by atoms with van der Waals surface area (Å²) < 4.78 is 12.5. The highest BCUT2D eigenvalue weighted by Gasteiger charge is 2.08. The number of rotatable bonds is 5. The molecule has 0 radical (unpaired) electrons. The van der Waals surface area contributed by atoms with Crippen LogP contribution in [0.15, 0.2) is 61.1 Å². The minimum Gasteiger partial charge on any atom is -0.497 e. The van der Waals surface area contributed by atoms with Gasteiger partial charge in [-0.05, 0) is 23.8 Å². The molecule has 2 aromatic heterocycles. The number of ether oxygens (including phenoxy) is 2. The van der Waals surface area contributed by atoms with Crippen LogP contribution in [-0.2, 0) is 7.05 Å². The van der Waals surface area contributed by atoms with Gasteiger partial charge in [0.1, 0.15) is 11.5 Å². The first-order chi connectivity index (χ1) is 13.2. The van der Waals surface area contributed by atoms with Crippen molar-refractivity contribution >= 4 is 22.3 Å². The smallest absolute Gasteiger partial charge is 0.124 e. The van der Waals surface area contributed by atoms with Crippen LogP contribution in [0.25, 0.3) is 22.0 Å². The van der Waals surface area contributed by atoms with Crippen LogP contribution in [0.3, 0.4) is 0 Å². The molecule has 4 rings (SSSR count). The Balaban J connectivity index is 1.77. The van der Waals surface area contributed by atoms with E-state index in [-0.39, 0.29) is 0 Å². The van der Waals surface area contributed by atoms with Gasteiger partial charge in [-0.3, -0.25) is 9.67 Å². The highest BCUT2D eigenvalue weighted by atomic mass is 16.5. The molecular weight excluding hydrogens is 340 g/mol. The maximum Gasteiger partial charge on any atom is 0.124 e. The van der Waals surface area contributed by atoms with Gasteiger partial charge in [0.25, 0.3) is 0 Å². The standard InChI is InChI=1S/C21H20N4O2/c1-25-13-15(12-23-25)14-4-5-20-19(8-14)21(6-7-22-20)24-16-9-17(26-2)11-18(10-16)27-3/h4-13H,1-3H3,(H,22,24). The van der Waals surface area contributed by atoms with Gasteiger partial charge in [0.15, 0.2) is 0 Å². The molecule has 27 heavy (non-hydrogen) atoms. The van der Waals surface area contributed by atoms with E-state index in [0.717, 1.165) is 44.9 Å². The van der Waals surface area contributed by atoms with E-state index in [0.29, 0.717) is 0 Å². The lowest BCUT2D eigenvalue weighted by Crippen LogP contribution is -1.95. The van der Waals surface area contributed by atoms with Crippen molar-refractivity contribution in [2.75, 3.05) is 19.5 Å². The normalized spacial score (nSPS) is 10.8. The van der Waals surface area contributed by atoms with Gasteiger partial charge in [-0.15, -0.1) is 0 Å². The summed E-state index contributed by atoms with van der Waals surface area (Å²) in [5.74, 6) is 1.46. The first-order valence-electron chi connectivity index (χ1n) is 8.54. The van der Waals surface area contributed by atoms with Crippen LogP contribution in [0.4, 0.5) is 11.4 Å². The summed E-state index contributed by atoms with van der Waals surface area (Å²) >= 11 is 0. The molecule has 6 nitrogen and oxygen atoms in total. The summed E-state index contributed by atoms with van der Waals surface area (Å²) in [5.41, 5.74) is 4.92. The minimum atomic E-state index is 0.728. The Labute approximate surface area is 157 Å². The predicted octanol–water partition coefficient (Wildman–Crippen LogP) is 4.40. The number of aromatic nitrogens is 3. The molecule has 4 aromatic rings. The molecule has 0 unspecified atom stereocenters. The third-order valence-electron chi connectivity index (χ3n) is 4.41. The second-order valence-electron chi connectivity index (χ2n) is 6.22.